The summed E-state index contributed by atoms with van der Waals surface area (Å²) in [5.74, 6) is -0.995. The quantitative estimate of drug-likeness (QED) is 0.276. The number of aliphatic hydroxyl groups excluding tert-OH is 5. The smallest absolute Gasteiger partial charge is 0.269 e. The normalized spacial score (nSPS) is 16.9. The first kappa shape index (κ1) is 16.3. The number of carbonyl (C=O) groups is 1. The summed E-state index contributed by atoms with van der Waals surface area (Å²) in [7, 11) is 0. The lowest BCUT2D eigenvalue weighted by atomic mass is 10.0. The fourth-order valence-electron chi connectivity index (χ4n) is 1.41. The minimum Gasteiger partial charge on any atom is -0.394 e. The molecule has 4 atom stereocenters. The van der Waals surface area contributed by atoms with Gasteiger partial charge < -0.3 is 25.5 Å². The number of rotatable bonds is 7. The van der Waals surface area contributed by atoms with Crippen molar-refractivity contribution < 1.29 is 30.3 Å². The number of hydrazine groups is 1. The Hall–Kier alpha value is -1.71. The van der Waals surface area contributed by atoms with Crippen LogP contribution in [0.3, 0.4) is 0 Å². The lowest BCUT2D eigenvalue weighted by molar-refractivity contribution is -0.148. The van der Waals surface area contributed by atoms with E-state index in [9.17, 15) is 20.1 Å². The number of benzene rings is 1. The number of hydrogen-bond donors (Lipinski definition) is 7. The van der Waals surface area contributed by atoms with E-state index >= 15 is 0 Å². The molecule has 0 aliphatic carbocycles. The molecule has 8 heteroatoms. The second-order valence-corrected chi connectivity index (χ2v) is 4.16. The molecule has 1 rings (SSSR count). The van der Waals surface area contributed by atoms with Crippen LogP contribution in [-0.4, -0.2) is 62.5 Å². The highest BCUT2D eigenvalue weighted by atomic mass is 16.4. The van der Waals surface area contributed by atoms with Crippen LogP contribution < -0.4 is 10.9 Å². The van der Waals surface area contributed by atoms with E-state index in [1.54, 1.807) is 30.3 Å². The zero-order valence-corrected chi connectivity index (χ0v) is 10.5. The van der Waals surface area contributed by atoms with E-state index in [-0.39, 0.29) is 0 Å². The Morgan fingerprint density at radius 3 is 2.20 bits per heavy atom. The van der Waals surface area contributed by atoms with Gasteiger partial charge in [-0.3, -0.25) is 15.6 Å². The minimum atomic E-state index is -1.97. The molecule has 112 valence electrons. The summed E-state index contributed by atoms with van der Waals surface area (Å²) < 4.78 is 0. The highest BCUT2D eigenvalue weighted by molar-refractivity contribution is 5.82. The molecule has 0 heterocycles. The summed E-state index contributed by atoms with van der Waals surface area (Å²) in [6.07, 6.45) is -7.41. The first-order valence-corrected chi connectivity index (χ1v) is 5.91. The van der Waals surface area contributed by atoms with E-state index in [0.29, 0.717) is 5.69 Å². The Morgan fingerprint density at radius 2 is 1.65 bits per heavy atom. The van der Waals surface area contributed by atoms with Gasteiger partial charge in [-0.25, -0.2) is 0 Å². The maximum atomic E-state index is 11.5. The van der Waals surface area contributed by atoms with Gasteiger partial charge in [0.2, 0.25) is 0 Å². The van der Waals surface area contributed by atoms with Crippen molar-refractivity contribution in [1.29, 1.82) is 0 Å². The molecule has 7 N–H and O–H groups in total. The molecule has 1 aromatic carbocycles. The third-order valence-corrected chi connectivity index (χ3v) is 2.63. The van der Waals surface area contributed by atoms with Gasteiger partial charge in [0.1, 0.15) is 18.3 Å². The predicted molar refractivity (Wildman–Crippen MR) is 69.3 cm³/mol. The lowest BCUT2D eigenvalue weighted by Crippen LogP contribution is -2.52. The Labute approximate surface area is 115 Å². The Bertz CT molecular complexity index is 416. The maximum Gasteiger partial charge on any atom is 0.269 e. The van der Waals surface area contributed by atoms with Crippen LogP contribution in [0.5, 0.6) is 0 Å². The summed E-state index contributed by atoms with van der Waals surface area (Å²) in [4.78, 5) is 11.5. The zero-order chi connectivity index (χ0) is 15.1. The van der Waals surface area contributed by atoms with Crippen molar-refractivity contribution in [2.45, 2.75) is 24.4 Å². The van der Waals surface area contributed by atoms with Gasteiger partial charge in [-0.15, -0.1) is 0 Å². The zero-order valence-electron chi connectivity index (χ0n) is 10.5. The van der Waals surface area contributed by atoms with Crippen LogP contribution in [-0.2, 0) is 4.79 Å². The third kappa shape index (κ3) is 4.44. The van der Waals surface area contributed by atoms with Crippen LogP contribution in [0.15, 0.2) is 30.3 Å². The molecule has 0 saturated carbocycles. The van der Waals surface area contributed by atoms with E-state index in [2.05, 4.69) is 10.9 Å². The molecule has 1 amide bonds. The second-order valence-electron chi connectivity index (χ2n) is 4.16. The molecule has 0 spiro atoms. The maximum absolute atomic E-state index is 11.5. The monoisotopic (exact) mass is 286 g/mol. The number of hydrogen-bond acceptors (Lipinski definition) is 7. The van der Waals surface area contributed by atoms with Crippen molar-refractivity contribution in [3.05, 3.63) is 30.3 Å². The molecule has 0 fully saturated rings. The standard InChI is InChI=1S/C12H18N2O6/c15-6-8(16)9(17)10(18)11(19)12(20)14-13-7-4-2-1-3-5-7/h1-5,8-11,13,15-19H,6H2,(H,14,20)/t8-,9-,10+,11-/m1/s1. The number of nitrogens with one attached hydrogen (secondary N) is 2. The first-order chi connectivity index (χ1) is 9.47. The van der Waals surface area contributed by atoms with Crippen LogP contribution >= 0.6 is 0 Å². The Balaban J connectivity index is 2.50. The first-order valence-electron chi connectivity index (χ1n) is 5.91. The third-order valence-electron chi connectivity index (χ3n) is 2.63. The molecule has 0 aliphatic rings. The van der Waals surface area contributed by atoms with E-state index in [1.807, 2.05) is 0 Å². The van der Waals surface area contributed by atoms with Gasteiger partial charge in [0.15, 0.2) is 6.10 Å². The van der Waals surface area contributed by atoms with Crippen molar-refractivity contribution in [3.8, 4) is 0 Å². The predicted octanol–water partition coefficient (Wildman–Crippen LogP) is -2.43. The van der Waals surface area contributed by atoms with Crippen LogP contribution in [0.2, 0.25) is 0 Å². The number of anilines is 1. The van der Waals surface area contributed by atoms with Crippen molar-refractivity contribution in [3.63, 3.8) is 0 Å². The molecule has 0 aliphatic heterocycles. The van der Waals surface area contributed by atoms with Gasteiger partial charge in [0.25, 0.3) is 5.91 Å². The van der Waals surface area contributed by atoms with Gasteiger partial charge >= 0.3 is 0 Å². The van der Waals surface area contributed by atoms with Crippen LogP contribution in [0.25, 0.3) is 0 Å². The average Bonchev–Trinajstić information content (AvgIpc) is 2.50. The lowest BCUT2D eigenvalue weighted by Gasteiger charge is -2.25. The highest BCUT2D eigenvalue weighted by Crippen LogP contribution is 2.06. The number of amides is 1. The van der Waals surface area contributed by atoms with Crippen molar-refractivity contribution in [1.82, 2.24) is 5.43 Å². The molecule has 20 heavy (non-hydrogen) atoms. The van der Waals surface area contributed by atoms with Crippen molar-refractivity contribution >= 4 is 11.6 Å². The fraction of sp³-hybridized carbons (Fsp3) is 0.417. The van der Waals surface area contributed by atoms with E-state index in [4.69, 9.17) is 10.2 Å². The SMILES string of the molecule is O=C(NNc1ccccc1)[C@H](O)[C@@H](O)[C@H](O)[C@H](O)CO. The number of aliphatic hydroxyl groups is 5. The van der Waals surface area contributed by atoms with E-state index in [1.165, 1.54) is 0 Å². The molecule has 1 aromatic rings. The van der Waals surface area contributed by atoms with E-state index in [0.717, 1.165) is 0 Å². The highest BCUT2D eigenvalue weighted by Gasteiger charge is 2.34. The second kappa shape index (κ2) is 7.78. The summed E-state index contributed by atoms with van der Waals surface area (Å²) in [5.41, 5.74) is 5.19. The van der Waals surface area contributed by atoms with Gasteiger partial charge in [-0.2, -0.15) is 0 Å². The summed E-state index contributed by atoms with van der Waals surface area (Å²) in [5, 5.41) is 46.1. The molecule has 0 bridgehead atoms. The van der Waals surface area contributed by atoms with Gasteiger partial charge in [-0.1, -0.05) is 18.2 Å². The molecular formula is C12H18N2O6. The fourth-order valence-corrected chi connectivity index (χ4v) is 1.41. The summed E-state index contributed by atoms with van der Waals surface area (Å²) in [6, 6.07) is 8.54. The number of para-hydroxylation sites is 1. The molecule has 0 unspecified atom stereocenters. The van der Waals surface area contributed by atoms with Crippen LogP contribution in [0.4, 0.5) is 5.69 Å². The van der Waals surface area contributed by atoms with Crippen LogP contribution in [0.1, 0.15) is 0 Å². The topological polar surface area (TPSA) is 142 Å². The van der Waals surface area contributed by atoms with Gasteiger partial charge in [0, 0.05) is 0 Å². The Morgan fingerprint density at radius 1 is 1.05 bits per heavy atom. The average molecular weight is 286 g/mol. The molecule has 0 aromatic heterocycles. The molecule has 8 nitrogen and oxygen atoms in total. The minimum absolute atomic E-state index is 0.554. The summed E-state index contributed by atoms with van der Waals surface area (Å²) in [6.45, 7) is -0.811. The van der Waals surface area contributed by atoms with E-state index < -0.39 is 36.9 Å². The van der Waals surface area contributed by atoms with Gasteiger partial charge in [-0.05, 0) is 12.1 Å². The van der Waals surface area contributed by atoms with Crippen molar-refractivity contribution in [2.24, 2.45) is 0 Å². The largest absolute Gasteiger partial charge is 0.394 e. The van der Waals surface area contributed by atoms with Crippen LogP contribution in [0, 0.1) is 0 Å². The Kier molecular flexibility index (Phi) is 6.36. The van der Waals surface area contributed by atoms with Gasteiger partial charge in [0.05, 0.1) is 12.3 Å². The molecule has 0 saturated heterocycles. The number of carbonyl (C=O) groups excluding carboxylic acids is 1. The molecular weight excluding hydrogens is 268 g/mol. The molecule has 0 radical (unpaired) electrons. The van der Waals surface area contributed by atoms with Crippen molar-refractivity contribution in [2.75, 3.05) is 12.0 Å². The summed E-state index contributed by atoms with van der Waals surface area (Å²) >= 11 is 0.